The molecule has 0 saturated heterocycles. The average Bonchev–Trinajstić information content (AvgIpc) is 2.39. The summed E-state index contributed by atoms with van der Waals surface area (Å²) in [7, 11) is 0. The second-order valence-corrected chi connectivity index (χ2v) is 6.19. The van der Waals surface area contributed by atoms with Crippen molar-refractivity contribution in [3.63, 3.8) is 0 Å². The highest BCUT2D eigenvalue weighted by Crippen LogP contribution is 2.48. The van der Waals surface area contributed by atoms with E-state index in [9.17, 15) is 30.7 Å². The normalized spacial score (nSPS) is 13.6. The van der Waals surface area contributed by atoms with E-state index in [2.05, 4.69) is 15.9 Å². The molecule has 8 heteroatoms. The Hall–Kier alpha value is -0.0100. The summed E-state index contributed by atoms with van der Waals surface area (Å²) in [5.41, 5.74) is 0. The van der Waals surface area contributed by atoms with E-state index in [1.165, 1.54) is 0 Å². The van der Waals surface area contributed by atoms with Gasteiger partial charge >= 0.3 is 18.0 Å². The molecular weight excluding hydrogens is 381 g/mol. The van der Waals surface area contributed by atoms with Gasteiger partial charge in [0.2, 0.25) is 0 Å². The maximum Gasteiger partial charge on any atom is 0.459 e. The van der Waals surface area contributed by atoms with Crippen LogP contribution in [-0.2, 0) is 0 Å². The summed E-state index contributed by atoms with van der Waals surface area (Å²) in [5.74, 6) is -11.0. The molecule has 0 bridgehead atoms. The largest absolute Gasteiger partial charge is 0.459 e. The molecule has 0 fully saturated rings. The van der Waals surface area contributed by atoms with E-state index in [0.29, 0.717) is 6.42 Å². The van der Waals surface area contributed by atoms with Crippen molar-refractivity contribution in [3.05, 3.63) is 0 Å². The lowest BCUT2D eigenvalue weighted by Gasteiger charge is -2.28. The highest BCUT2D eigenvalue weighted by molar-refractivity contribution is 9.09. The molecule has 22 heavy (non-hydrogen) atoms. The first-order chi connectivity index (χ1) is 10.1. The molecule has 0 amide bonds. The first kappa shape index (κ1) is 22.0. The van der Waals surface area contributed by atoms with Gasteiger partial charge in [-0.05, 0) is 12.8 Å². The van der Waals surface area contributed by atoms with Crippen LogP contribution in [0.15, 0.2) is 0 Å². The van der Waals surface area contributed by atoms with E-state index in [0.717, 1.165) is 43.9 Å². The Bertz CT molecular complexity index is 289. The predicted molar refractivity (Wildman–Crippen MR) is 75.9 cm³/mol. The molecule has 0 atom stereocenters. The molecular formula is C14H22BrF7. The molecule has 0 N–H and O–H groups in total. The molecule has 0 rings (SSSR count). The Morgan fingerprint density at radius 2 is 0.909 bits per heavy atom. The van der Waals surface area contributed by atoms with E-state index in [4.69, 9.17) is 0 Å². The van der Waals surface area contributed by atoms with Crippen LogP contribution in [0.5, 0.6) is 0 Å². The maximum absolute atomic E-state index is 13.0. The second-order valence-electron chi connectivity index (χ2n) is 5.40. The third kappa shape index (κ3) is 7.51. The fraction of sp³-hybridized carbons (Fsp3) is 1.00. The van der Waals surface area contributed by atoms with Crippen molar-refractivity contribution in [2.75, 3.05) is 5.33 Å². The Morgan fingerprint density at radius 1 is 0.545 bits per heavy atom. The number of hydrogen-bond donors (Lipinski definition) is 0. The predicted octanol–water partition coefficient (Wildman–Crippen LogP) is 7.12. The van der Waals surface area contributed by atoms with Gasteiger partial charge in [0.25, 0.3) is 0 Å². The van der Waals surface area contributed by atoms with Crippen LogP contribution in [0.25, 0.3) is 0 Å². The topological polar surface area (TPSA) is 0 Å². The Kier molecular flexibility index (Phi) is 9.98. The zero-order valence-electron chi connectivity index (χ0n) is 12.3. The van der Waals surface area contributed by atoms with Crippen molar-refractivity contribution in [1.29, 1.82) is 0 Å². The van der Waals surface area contributed by atoms with Crippen molar-refractivity contribution < 1.29 is 30.7 Å². The monoisotopic (exact) mass is 402 g/mol. The number of halogens is 8. The molecule has 0 saturated carbocycles. The van der Waals surface area contributed by atoms with E-state index < -0.39 is 24.4 Å². The quantitative estimate of drug-likeness (QED) is 0.185. The van der Waals surface area contributed by atoms with Gasteiger partial charge in [0.15, 0.2) is 0 Å². The maximum atomic E-state index is 13.0. The third-order valence-corrected chi connectivity index (χ3v) is 4.00. The smallest absolute Gasteiger partial charge is 0.200 e. The molecule has 0 spiro atoms. The van der Waals surface area contributed by atoms with Crippen LogP contribution in [0.3, 0.4) is 0 Å². The van der Waals surface area contributed by atoms with E-state index in [1.54, 1.807) is 0 Å². The van der Waals surface area contributed by atoms with Gasteiger partial charge in [0, 0.05) is 11.8 Å². The van der Waals surface area contributed by atoms with Crippen LogP contribution in [0, 0.1) is 0 Å². The molecule has 134 valence electrons. The molecule has 0 aromatic heterocycles. The summed E-state index contributed by atoms with van der Waals surface area (Å²) in [6, 6.07) is 0. The molecule has 0 aromatic rings. The Balaban J connectivity index is 3.78. The van der Waals surface area contributed by atoms with Crippen LogP contribution < -0.4 is 0 Å². The van der Waals surface area contributed by atoms with Gasteiger partial charge in [0.05, 0.1) is 0 Å². The van der Waals surface area contributed by atoms with Gasteiger partial charge in [0.1, 0.15) is 0 Å². The van der Waals surface area contributed by atoms with Gasteiger partial charge in [-0.25, -0.2) is 0 Å². The summed E-state index contributed by atoms with van der Waals surface area (Å²) in [5, 5.41) is 0.962. The minimum atomic E-state index is -6.22. The highest BCUT2D eigenvalue weighted by atomic mass is 79.9. The minimum Gasteiger partial charge on any atom is -0.200 e. The van der Waals surface area contributed by atoms with E-state index in [1.807, 2.05) is 0 Å². The molecule has 0 aliphatic carbocycles. The number of unbranched alkanes of at least 4 members (excludes halogenated alkanes) is 8. The standard InChI is InChI=1S/C14H22BrF7/c15-11-9-7-5-3-1-2-4-6-8-10-12(16,17)13(18,19)14(20,21)22/h1-11H2. The van der Waals surface area contributed by atoms with Crippen molar-refractivity contribution in [2.24, 2.45) is 0 Å². The molecule has 0 aromatic carbocycles. The summed E-state index contributed by atoms with van der Waals surface area (Å²) in [6.45, 7) is 0. The molecule has 0 heterocycles. The SMILES string of the molecule is FC(F)(F)C(F)(F)C(F)(F)CCCCCCCCCCCBr. The molecule has 0 aliphatic heterocycles. The third-order valence-electron chi connectivity index (χ3n) is 3.44. The van der Waals surface area contributed by atoms with Crippen LogP contribution in [0.2, 0.25) is 0 Å². The zero-order valence-corrected chi connectivity index (χ0v) is 13.9. The van der Waals surface area contributed by atoms with Gasteiger partial charge < -0.3 is 0 Å². The summed E-state index contributed by atoms with van der Waals surface area (Å²) in [4.78, 5) is 0. The van der Waals surface area contributed by atoms with Gasteiger partial charge in [-0.15, -0.1) is 0 Å². The lowest BCUT2D eigenvalue weighted by molar-refractivity contribution is -0.355. The average molecular weight is 403 g/mol. The zero-order chi connectivity index (χ0) is 17.3. The Morgan fingerprint density at radius 3 is 1.27 bits per heavy atom. The summed E-state index contributed by atoms with van der Waals surface area (Å²) < 4.78 is 86.9. The molecule has 0 nitrogen and oxygen atoms in total. The van der Waals surface area contributed by atoms with Crippen molar-refractivity contribution in [3.8, 4) is 0 Å². The molecule has 0 aliphatic rings. The number of rotatable bonds is 12. The van der Waals surface area contributed by atoms with E-state index >= 15 is 0 Å². The van der Waals surface area contributed by atoms with Crippen molar-refractivity contribution in [2.45, 2.75) is 82.2 Å². The molecule has 0 radical (unpaired) electrons. The Labute approximate surface area is 135 Å². The first-order valence-corrected chi connectivity index (χ1v) is 8.57. The number of alkyl halides is 8. The highest BCUT2D eigenvalue weighted by Gasteiger charge is 2.72. The first-order valence-electron chi connectivity index (χ1n) is 7.44. The second kappa shape index (κ2) is 9.98. The lowest BCUT2D eigenvalue weighted by Crippen LogP contribution is -2.51. The number of hydrogen-bond acceptors (Lipinski definition) is 0. The summed E-state index contributed by atoms with van der Waals surface area (Å²) in [6.07, 6.45) is -1.13. The van der Waals surface area contributed by atoms with Crippen LogP contribution in [0.4, 0.5) is 30.7 Å². The van der Waals surface area contributed by atoms with Crippen molar-refractivity contribution >= 4 is 15.9 Å². The fourth-order valence-corrected chi connectivity index (χ4v) is 2.44. The van der Waals surface area contributed by atoms with E-state index in [-0.39, 0.29) is 12.8 Å². The lowest BCUT2D eigenvalue weighted by atomic mass is 10.0. The van der Waals surface area contributed by atoms with Gasteiger partial charge in [-0.2, -0.15) is 30.7 Å². The van der Waals surface area contributed by atoms with Crippen LogP contribution in [0.1, 0.15) is 64.2 Å². The minimum absolute atomic E-state index is 0.241. The molecule has 0 unspecified atom stereocenters. The fourth-order valence-electron chi connectivity index (χ4n) is 2.04. The van der Waals surface area contributed by atoms with Crippen LogP contribution in [-0.4, -0.2) is 23.4 Å². The van der Waals surface area contributed by atoms with Gasteiger partial charge in [-0.3, -0.25) is 0 Å². The van der Waals surface area contributed by atoms with Crippen LogP contribution >= 0.6 is 15.9 Å². The summed E-state index contributed by atoms with van der Waals surface area (Å²) >= 11 is 3.32. The van der Waals surface area contributed by atoms with Crippen molar-refractivity contribution in [1.82, 2.24) is 0 Å². The van der Waals surface area contributed by atoms with Gasteiger partial charge in [-0.1, -0.05) is 60.9 Å².